The third-order valence-electron chi connectivity index (χ3n) is 1.46. The van der Waals surface area contributed by atoms with Gasteiger partial charge >= 0.3 is 5.69 Å². The van der Waals surface area contributed by atoms with Crippen molar-refractivity contribution in [3.8, 4) is 0 Å². The molecule has 2 heterocycles. The lowest BCUT2D eigenvalue weighted by molar-refractivity contribution is 0.868. The van der Waals surface area contributed by atoms with E-state index >= 15 is 0 Å². The SMILES string of the molecule is Nc1ccc2cnc(=O)[nH]n12. The van der Waals surface area contributed by atoms with E-state index in [1.54, 1.807) is 12.1 Å². The van der Waals surface area contributed by atoms with Gasteiger partial charge in [-0.3, -0.25) is 0 Å². The van der Waals surface area contributed by atoms with Crippen molar-refractivity contribution < 1.29 is 0 Å². The van der Waals surface area contributed by atoms with Gasteiger partial charge in [0.2, 0.25) is 0 Å². The molecule has 0 unspecified atom stereocenters. The van der Waals surface area contributed by atoms with Crippen molar-refractivity contribution in [1.29, 1.82) is 0 Å². The third-order valence-corrected chi connectivity index (χ3v) is 1.46. The molecule has 0 radical (unpaired) electrons. The molecule has 5 nitrogen and oxygen atoms in total. The molecule has 0 bridgehead atoms. The highest BCUT2D eigenvalue weighted by Gasteiger charge is 1.96. The van der Waals surface area contributed by atoms with Crippen LogP contribution in [0.2, 0.25) is 0 Å². The number of nitrogen functional groups attached to an aromatic ring is 1. The number of fused-ring (bicyclic) bond motifs is 1. The van der Waals surface area contributed by atoms with E-state index in [1.807, 2.05) is 0 Å². The van der Waals surface area contributed by atoms with Crippen molar-refractivity contribution in [2.45, 2.75) is 0 Å². The first-order valence-corrected chi connectivity index (χ1v) is 3.09. The summed E-state index contributed by atoms with van der Waals surface area (Å²) in [6.45, 7) is 0. The normalized spacial score (nSPS) is 10.5. The van der Waals surface area contributed by atoms with Crippen LogP contribution in [-0.4, -0.2) is 14.6 Å². The molecule has 0 saturated heterocycles. The van der Waals surface area contributed by atoms with Crippen LogP contribution in [0.4, 0.5) is 5.82 Å². The Kier molecular flexibility index (Phi) is 1.00. The van der Waals surface area contributed by atoms with Gasteiger partial charge < -0.3 is 5.73 Å². The average Bonchev–Trinajstić information content (AvgIpc) is 2.33. The summed E-state index contributed by atoms with van der Waals surface area (Å²) in [5.41, 5.74) is 5.89. The fraction of sp³-hybridized carbons (Fsp3) is 0. The lowest BCUT2D eigenvalue weighted by Crippen LogP contribution is -2.14. The monoisotopic (exact) mass is 150 g/mol. The maximum Gasteiger partial charge on any atom is 0.360 e. The zero-order valence-electron chi connectivity index (χ0n) is 5.61. The van der Waals surface area contributed by atoms with Gasteiger partial charge in [-0.1, -0.05) is 0 Å². The van der Waals surface area contributed by atoms with Gasteiger partial charge in [0.05, 0.1) is 11.7 Å². The molecule has 0 aliphatic carbocycles. The lowest BCUT2D eigenvalue weighted by Gasteiger charge is -1.93. The summed E-state index contributed by atoms with van der Waals surface area (Å²) in [5.74, 6) is 0.500. The molecule has 0 amide bonds. The van der Waals surface area contributed by atoms with Gasteiger partial charge in [0.15, 0.2) is 0 Å². The highest BCUT2D eigenvalue weighted by Crippen LogP contribution is 2.05. The first kappa shape index (κ1) is 5.96. The summed E-state index contributed by atoms with van der Waals surface area (Å²) in [5, 5.41) is 2.46. The minimum atomic E-state index is -0.402. The van der Waals surface area contributed by atoms with E-state index in [2.05, 4.69) is 10.1 Å². The van der Waals surface area contributed by atoms with Gasteiger partial charge in [-0.05, 0) is 12.1 Å². The summed E-state index contributed by atoms with van der Waals surface area (Å²) in [6.07, 6.45) is 1.47. The van der Waals surface area contributed by atoms with E-state index in [0.717, 1.165) is 5.52 Å². The van der Waals surface area contributed by atoms with Crippen LogP contribution in [0.1, 0.15) is 0 Å². The molecule has 0 saturated carbocycles. The summed E-state index contributed by atoms with van der Waals surface area (Å²) >= 11 is 0. The maximum atomic E-state index is 10.7. The number of H-pyrrole nitrogens is 1. The smallest absolute Gasteiger partial charge is 0.360 e. The van der Waals surface area contributed by atoms with Gasteiger partial charge in [0, 0.05) is 0 Å². The number of nitrogens with zero attached hydrogens (tertiary/aromatic N) is 2. The molecular formula is C6H6N4O. The van der Waals surface area contributed by atoms with Crippen molar-refractivity contribution in [1.82, 2.24) is 14.6 Å². The molecule has 56 valence electrons. The third kappa shape index (κ3) is 0.778. The van der Waals surface area contributed by atoms with Gasteiger partial charge in [-0.2, -0.15) is 4.98 Å². The highest BCUT2D eigenvalue weighted by molar-refractivity contribution is 5.52. The molecule has 3 N–H and O–H groups in total. The summed E-state index contributed by atoms with van der Waals surface area (Å²) in [7, 11) is 0. The number of rotatable bonds is 0. The molecule has 0 aliphatic heterocycles. The Balaban J connectivity index is 2.98. The van der Waals surface area contributed by atoms with E-state index < -0.39 is 5.69 Å². The second-order valence-electron chi connectivity index (χ2n) is 2.19. The Hall–Kier alpha value is -1.78. The van der Waals surface area contributed by atoms with E-state index in [9.17, 15) is 4.79 Å². The van der Waals surface area contributed by atoms with Crippen molar-refractivity contribution >= 4 is 11.3 Å². The Bertz CT molecular complexity index is 441. The molecule has 5 heteroatoms. The summed E-state index contributed by atoms with van der Waals surface area (Å²) in [6, 6.07) is 3.48. The van der Waals surface area contributed by atoms with Crippen molar-refractivity contribution in [2.75, 3.05) is 5.73 Å². The highest BCUT2D eigenvalue weighted by atomic mass is 16.1. The molecule has 2 rings (SSSR count). The van der Waals surface area contributed by atoms with E-state index in [0.29, 0.717) is 5.82 Å². The molecule has 0 fully saturated rings. The number of anilines is 1. The summed E-state index contributed by atoms with van der Waals surface area (Å²) < 4.78 is 1.48. The van der Waals surface area contributed by atoms with Crippen molar-refractivity contribution in [3.63, 3.8) is 0 Å². The van der Waals surface area contributed by atoms with Gasteiger partial charge in [-0.15, -0.1) is 0 Å². The predicted octanol–water partition coefficient (Wildman–Crippen LogP) is -0.395. The maximum absolute atomic E-state index is 10.7. The van der Waals surface area contributed by atoms with Crippen LogP contribution in [0.25, 0.3) is 5.52 Å². The Morgan fingerprint density at radius 3 is 3.18 bits per heavy atom. The van der Waals surface area contributed by atoms with Gasteiger partial charge in [-0.25, -0.2) is 14.4 Å². The van der Waals surface area contributed by atoms with Crippen LogP contribution in [0.15, 0.2) is 23.1 Å². The average molecular weight is 150 g/mol. The molecule has 0 spiro atoms. The minimum Gasteiger partial charge on any atom is -0.384 e. The van der Waals surface area contributed by atoms with Crippen LogP contribution in [-0.2, 0) is 0 Å². The zero-order chi connectivity index (χ0) is 7.84. The fourth-order valence-electron chi connectivity index (χ4n) is 0.948. The number of nitrogens with one attached hydrogen (secondary N) is 1. The Morgan fingerprint density at radius 2 is 2.36 bits per heavy atom. The predicted molar refractivity (Wildman–Crippen MR) is 40.2 cm³/mol. The standard InChI is InChI=1S/C6H6N4O/c7-5-2-1-4-3-8-6(11)9-10(4)5/h1-3H,7H2,(H,9,11). The molecule has 11 heavy (non-hydrogen) atoms. The topological polar surface area (TPSA) is 76.2 Å². The van der Waals surface area contributed by atoms with E-state index in [4.69, 9.17) is 5.73 Å². The lowest BCUT2D eigenvalue weighted by atomic mass is 10.5. The van der Waals surface area contributed by atoms with E-state index in [-0.39, 0.29) is 0 Å². The first-order chi connectivity index (χ1) is 5.27. The quantitative estimate of drug-likeness (QED) is 0.536. The fourth-order valence-corrected chi connectivity index (χ4v) is 0.948. The Morgan fingerprint density at radius 1 is 1.55 bits per heavy atom. The summed E-state index contributed by atoms with van der Waals surface area (Å²) in [4.78, 5) is 14.2. The van der Waals surface area contributed by atoms with Crippen molar-refractivity contribution in [3.05, 3.63) is 28.8 Å². The van der Waals surface area contributed by atoms with Crippen LogP contribution >= 0.6 is 0 Å². The zero-order valence-corrected chi connectivity index (χ0v) is 5.61. The number of aromatic nitrogens is 3. The number of hydrogen-bond donors (Lipinski definition) is 2. The first-order valence-electron chi connectivity index (χ1n) is 3.09. The Labute approximate surface area is 61.5 Å². The molecule has 2 aromatic heterocycles. The van der Waals surface area contributed by atoms with Crippen LogP contribution < -0.4 is 11.4 Å². The molecule has 0 aliphatic rings. The number of aromatic amines is 1. The van der Waals surface area contributed by atoms with Crippen molar-refractivity contribution in [2.24, 2.45) is 0 Å². The van der Waals surface area contributed by atoms with Crippen LogP contribution in [0.3, 0.4) is 0 Å². The molecule has 0 atom stereocenters. The largest absolute Gasteiger partial charge is 0.384 e. The molecule has 0 aromatic carbocycles. The number of nitrogens with two attached hydrogens (primary N) is 1. The molecule has 2 aromatic rings. The van der Waals surface area contributed by atoms with Gasteiger partial charge in [0.25, 0.3) is 0 Å². The second kappa shape index (κ2) is 1.85. The van der Waals surface area contributed by atoms with E-state index in [1.165, 1.54) is 10.7 Å². The van der Waals surface area contributed by atoms with Crippen LogP contribution in [0, 0.1) is 0 Å². The molecular weight excluding hydrogens is 144 g/mol. The second-order valence-corrected chi connectivity index (χ2v) is 2.19. The van der Waals surface area contributed by atoms with Gasteiger partial charge in [0.1, 0.15) is 5.82 Å². The number of hydrogen-bond acceptors (Lipinski definition) is 3. The minimum absolute atomic E-state index is 0.402. The van der Waals surface area contributed by atoms with Crippen LogP contribution in [0.5, 0.6) is 0 Å².